The van der Waals surface area contributed by atoms with Gasteiger partial charge in [-0.05, 0) is 30.5 Å². The number of aromatic nitrogens is 5. The molecule has 7 nitrogen and oxygen atoms in total. The number of halogens is 2. The number of hydrogen-bond acceptors (Lipinski definition) is 6. The average molecular weight is 479 g/mol. The van der Waals surface area contributed by atoms with E-state index in [-0.39, 0.29) is 11.9 Å². The summed E-state index contributed by atoms with van der Waals surface area (Å²) in [6.45, 7) is 5.67. The summed E-state index contributed by atoms with van der Waals surface area (Å²) in [6.07, 6.45) is 7.59. The molecular weight excluding hydrogens is 450 g/mol. The summed E-state index contributed by atoms with van der Waals surface area (Å²) < 4.78 is 34.8. The van der Waals surface area contributed by atoms with E-state index in [9.17, 15) is 8.78 Å². The lowest BCUT2D eigenvalue weighted by atomic mass is 10.1. The molecule has 0 amide bonds. The lowest BCUT2D eigenvalue weighted by Crippen LogP contribution is -2.39. The van der Waals surface area contributed by atoms with Crippen molar-refractivity contribution in [3.8, 4) is 17.0 Å². The number of pyridine rings is 1. The van der Waals surface area contributed by atoms with Gasteiger partial charge in [0.05, 0.1) is 17.9 Å². The molecule has 1 fully saturated rings. The second kappa shape index (κ2) is 9.56. The summed E-state index contributed by atoms with van der Waals surface area (Å²) in [4.78, 5) is 16.7. The Hall–Kier alpha value is -3.62. The van der Waals surface area contributed by atoms with E-state index < -0.39 is 11.6 Å². The minimum absolute atomic E-state index is 0.0784. The monoisotopic (exact) mass is 478 g/mol. The van der Waals surface area contributed by atoms with E-state index in [0.29, 0.717) is 31.8 Å². The van der Waals surface area contributed by atoms with Gasteiger partial charge < -0.3 is 9.64 Å². The molecule has 0 saturated carbocycles. The number of fused-ring (bicyclic) bond motifs is 1. The topological polar surface area (TPSA) is 69.0 Å². The zero-order chi connectivity index (χ0) is 24.5. The molecule has 182 valence electrons. The van der Waals surface area contributed by atoms with E-state index in [0.717, 1.165) is 46.3 Å². The largest absolute Gasteiger partial charge is 0.487 e. The Kier molecular flexibility index (Phi) is 6.32. The van der Waals surface area contributed by atoms with E-state index >= 15 is 0 Å². The smallest absolute Gasteiger partial charge is 0.167 e. The van der Waals surface area contributed by atoms with Crippen molar-refractivity contribution in [3.05, 3.63) is 60.2 Å². The summed E-state index contributed by atoms with van der Waals surface area (Å²) in [5, 5.41) is 4.33. The van der Waals surface area contributed by atoms with Crippen LogP contribution in [-0.4, -0.2) is 43.9 Å². The first kappa shape index (κ1) is 23.1. The summed E-state index contributed by atoms with van der Waals surface area (Å²) in [5.74, 6) is 0.0474. The fourth-order valence-corrected chi connectivity index (χ4v) is 4.42. The Morgan fingerprint density at radius 1 is 1.06 bits per heavy atom. The van der Waals surface area contributed by atoms with Crippen molar-refractivity contribution in [1.82, 2.24) is 24.7 Å². The third kappa shape index (κ3) is 5.08. The van der Waals surface area contributed by atoms with Crippen LogP contribution in [0.4, 0.5) is 14.6 Å². The first-order valence-electron chi connectivity index (χ1n) is 11.9. The molecule has 9 heteroatoms. The normalized spacial score (nSPS) is 14.7. The lowest BCUT2D eigenvalue weighted by Gasteiger charge is -2.33. The van der Waals surface area contributed by atoms with Crippen molar-refractivity contribution < 1.29 is 13.5 Å². The van der Waals surface area contributed by atoms with E-state index in [1.807, 2.05) is 19.3 Å². The zero-order valence-electron chi connectivity index (χ0n) is 20.1. The molecule has 0 bridgehead atoms. The summed E-state index contributed by atoms with van der Waals surface area (Å²) >= 11 is 0. The third-order valence-electron chi connectivity index (χ3n) is 6.11. The van der Waals surface area contributed by atoms with E-state index in [1.165, 1.54) is 12.1 Å². The molecule has 5 rings (SSSR count). The highest BCUT2D eigenvalue weighted by atomic mass is 19.1. The van der Waals surface area contributed by atoms with E-state index in [1.54, 1.807) is 17.1 Å². The SMILES string of the molecule is CC(C)Cc1cc2nc(-c3cnn(C)c3)c(N3CCC(Oc4ccc(F)cc4F)CC3)nc2cn1. The number of rotatable bonds is 6. The Morgan fingerprint density at radius 2 is 1.86 bits per heavy atom. The molecule has 0 unspecified atom stereocenters. The molecular formula is C26H28F2N6O. The van der Waals surface area contributed by atoms with Gasteiger partial charge in [-0.25, -0.2) is 18.7 Å². The van der Waals surface area contributed by atoms with Gasteiger partial charge in [-0.1, -0.05) is 13.8 Å². The van der Waals surface area contributed by atoms with E-state index in [2.05, 4.69) is 28.8 Å². The first-order chi connectivity index (χ1) is 16.9. The van der Waals surface area contributed by atoms with Crippen molar-refractivity contribution in [1.29, 1.82) is 0 Å². The number of benzene rings is 1. The zero-order valence-corrected chi connectivity index (χ0v) is 20.1. The van der Waals surface area contributed by atoms with Crippen molar-refractivity contribution in [3.63, 3.8) is 0 Å². The maximum absolute atomic E-state index is 14.0. The highest BCUT2D eigenvalue weighted by Gasteiger charge is 2.26. The predicted molar refractivity (Wildman–Crippen MR) is 130 cm³/mol. The van der Waals surface area contributed by atoms with Gasteiger partial charge in [0.2, 0.25) is 0 Å². The van der Waals surface area contributed by atoms with Crippen LogP contribution < -0.4 is 9.64 Å². The molecule has 4 aromatic rings. The molecule has 3 aromatic heterocycles. The second-order valence-electron chi connectivity index (χ2n) is 9.44. The summed E-state index contributed by atoms with van der Waals surface area (Å²) in [5.41, 5.74) is 4.22. The fourth-order valence-electron chi connectivity index (χ4n) is 4.42. The van der Waals surface area contributed by atoms with Gasteiger partial charge in [-0.15, -0.1) is 0 Å². The van der Waals surface area contributed by atoms with Crippen LogP contribution in [0.15, 0.2) is 42.9 Å². The van der Waals surface area contributed by atoms with Crippen molar-refractivity contribution in [2.75, 3.05) is 18.0 Å². The highest BCUT2D eigenvalue weighted by Crippen LogP contribution is 2.32. The number of aryl methyl sites for hydroxylation is 1. The maximum atomic E-state index is 14.0. The summed E-state index contributed by atoms with van der Waals surface area (Å²) in [7, 11) is 1.87. The molecule has 0 spiro atoms. The number of anilines is 1. The van der Waals surface area contributed by atoms with Gasteiger partial charge in [-0.3, -0.25) is 9.67 Å². The van der Waals surface area contributed by atoms with Crippen LogP contribution in [0.1, 0.15) is 32.4 Å². The number of hydrogen-bond donors (Lipinski definition) is 0. The minimum atomic E-state index is -0.684. The van der Waals surface area contributed by atoms with Crippen LogP contribution in [0.2, 0.25) is 0 Å². The molecule has 35 heavy (non-hydrogen) atoms. The van der Waals surface area contributed by atoms with E-state index in [4.69, 9.17) is 14.7 Å². The highest BCUT2D eigenvalue weighted by molar-refractivity contribution is 5.83. The minimum Gasteiger partial charge on any atom is -0.487 e. The van der Waals surface area contributed by atoms with Crippen LogP contribution >= 0.6 is 0 Å². The lowest BCUT2D eigenvalue weighted by molar-refractivity contribution is 0.163. The van der Waals surface area contributed by atoms with Gasteiger partial charge in [-0.2, -0.15) is 5.10 Å². The number of ether oxygens (including phenoxy) is 1. The molecule has 4 heterocycles. The average Bonchev–Trinajstić information content (AvgIpc) is 3.26. The Morgan fingerprint density at radius 3 is 2.54 bits per heavy atom. The van der Waals surface area contributed by atoms with Crippen LogP contribution in [0.5, 0.6) is 5.75 Å². The first-order valence-corrected chi connectivity index (χ1v) is 11.9. The predicted octanol–water partition coefficient (Wildman–Crippen LogP) is 4.95. The van der Waals surface area contributed by atoms with Crippen LogP contribution in [0, 0.1) is 17.6 Å². The van der Waals surface area contributed by atoms with Crippen molar-refractivity contribution >= 4 is 16.9 Å². The van der Waals surface area contributed by atoms with Gasteiger partial charge >= 0.3 is 0 Å². The van der Waals surface area contributed by atoms with Gasteiger partial charge in [0, 0.05) is 56.5 Å². The fraction of sp³-hybridized carbons (Fsp3) is 0.385. The molecule has 1 aromatic carbocycles. The van der Waals surface area contributed by atoms with Crippen LogP contribution in [0.25, 0.3) is 22.3 Å². The van der Waals surface area contributed by atoms with Crippen LogP contribution in [-0.2, 0) is 13.5 Å². The van der Waals surface area contributed by atoms with Crippen LogP contribution in [0.3, 0.4) is 0 Å². The quantitative estimate of drug-likeness (QED) is 0.391. The molecule has 0 atom stereocenters. The molecule has 1 aliphatic heterocycles. The van der Waals surface area contributed by atoms with Gasteiger partial charge in [0.25, 0.3) is 0 Å². The Labute approximate surface area is 202 Å². The third-order valence-corrected chi connectivity index (χ3v) is 6.11. The van der Waals surface area contributed by atoms with Gasteiger partial charge in [0.1, 0.15) is 23.1 Å². The second-order valence-corrected chi connectivity index (χ2v) is 9.44. The molecule has 1 aliphatic rings. The van der Waals surface area contributed by atoms with Gasteiger partial charge in [0.15, 0.2) is 17.4 Å². The number of piperidine rings is 1. The van der Waals surface area contributed by atoms with Crippen molar-refractivity contribution in [2.45, 2.75) is 39.2 Å². The molecule has 1 saturated heterocycles. The Bertz CT molecular complexity index is 1350. The Balaban J connectivity index is 1.41. The summed E-state index contributed by atoms with van der Waals surface area (Å²) in [6, 6.07) is 5.41. The van der Waals surface area contributed by atoms with Crippen molar-refractivity contribution in [2.24, 2.45) is 13.0 Å². The standard InChI is InChI=1S/C26H28F2N6O/c1-16(2)10-19-12-22-23(14-29-19)32-26(25(31-22)17-13-30-33(3)15-17)34-8-6-20(7-9-34)35-24-5-4-18(27)11-21(24)28/h4-5,11-16,20H,6-10H2,1-3H3. The maximum Gasteiger partial charge on any atom is 0.167 e. The molecule has 0 N–H and O–H groups in total. The molecule has 0 radical (unpaired) electrons. The number of nitrogens with zero attached hydrogens (tertiary/aromatic N) is 6. The molecule has 0 aliphatic carbocycles.